The van der Waals surface area contributed by atoms with E-state index in [1.54, 1.807) is 19.1 Å². The maximum Gasteiger partial charge on any atom is 0.494 e. The smallest absolute Gasteiger partial charge is 0.399 e. The summed E-state index contributed by atoms with van der Waals surface area (Å²) in [6.07, 6.45) is 3.36. The zero-order valence-corrected chi connectivity index (χ0v) is 12.7. The van der Waals surface area contributed by atoms with Gasteiger partial charge >= 0.3 is 7.12 Å². The maximum absolute atomic E-state index is 13.2. The summed E-state index contributed by atoms with van der Waals surface area (Å²) >= 11 is 0. The highest BCUT2D eigenvalue weighted by Crippen LogP contribution is 2.39. The van der Waals surface area contributed by atoms with Gasteiger partial charge in [0, 0.05) is 5.70 Å². The van der Waals surface area contributed by atoms with E-state index in [-0.39, 0.29) is 0 Å². The number of hydrogen-bond donors (Lipinski definition) is 1. The van der Waals surface area contributed by atoms with Crippen LogP contribution in [-0.2, 0) is 9.31 Å². The number of rotatable bonds is 3. The van der Waals surface area contributed by atoms with Crippen molar-refractivity contribution < 1.29 is 18.1 Å². The van der Waals surface area contributed by atoms with E-state index >= 15 is 0 Å². The molecule has 1 N–H and O–H groups in total. The second-order valence-corrected chi connectivity index (χ2v) is 6.71. The zero-order chi connectivity index (χ0) is 15.2. The van der Waals surface area contributed by atoms with Gasteiger partial charge < -0.3 is 14.6 Å². The normalized spacial score (nSPS) is 31.6. The van der Waals surface area contributed by atoms with E-state index in [4.69, 9.17) is 9.31 Å². The number of dihydropyridines is 1. The third kappa shape index (κ3) is 2.63. The number of hydrogen-bond acceptors (Lipinski definition) is 3. The maximum atomic E-state index is 13.2. The standard InChI is InChI=1S/C14H22BF2NO2/c1-12(2)13(3,4)20-15(19-12)10-6-11(8-16)18-14(5,7-10)9-17/h6-7,18H,8-9H2,1-5H3. The van der Waals surface area contributed by atoms with Crippen LogP contribution in [0.25, 0.3) is 0 Å². The number of alkyl halides is 2. The highest BCUT2D eigenvalue weighted by Gasteiger charge is 2.52. The van der Waals surface area contributed by atoms with Crippen molar-refractivity contribution in [2.24, 2.45) is 0 Å². The monoisotopic (exact) mass is 285 g/mol. The third-order valence-corrected chi connectivity index (χ3v) is 4.22. The molecular formula is C14H22BF2NO2. The van der Waals surface area contributed by atoms with E-state index in [1.165, 1.54) is 0 Å². The lowest BCUT2D eigenvalue weighted by Gasteiger charge is -2.32. The predicted molar refractivity (Wildman–Crippen MR) is 75.7 cm³/mol. The van der Waals surface area contributed by atoms with Crippen molar-refractivity contribution in [1.29, 1.82) is 0 Å². The van der Waals surface area contributed by atoms with Crippen LogP contribution in [0.4, 0.5) is 8.78 Å². The molecule has 0 radical (unpaired) electrons. The molecular weight excluding hydrogens is 263 g/mol. The lowest BCUT2D eigenvalue weighted by Crippen LogP contribution is -2.46. The molecule has 2 rings (SSSR count). The van der Waals surface area contributed by atoms with Gasteiger partial charge in [0.25, 0.3) is 0 Å². The molecule has 1 saturated heterocycles. The predicted octanol–water partition coefficient (Wildman–Crippen LogP) is 2.73. The topological polar surface area (TPSA) is 30.5 Å². The summed E-state index contributed by atoms with van der Waals surface area (Å²) < 4.78 is 38.0. The van der Waals surface area contributed by atoms with Gasteiger partial charge in [-0.2, -0.15) is 0 Å². The average Bonchev–Trinajstić information content (AvgIpc) is 2.58. The van der Waals surface area contributed by atoms with Gasteiger partial charge in [-0.3, -0.25) is 0 Å². The van der Waals surface area contributed by atoms with Crippen LogP contribution in [0.15, 0.2) is 23.3 Å². The first-order chi connectivity index (χ1) is 9.12. The van der Waals surface area contributed by atoms with E-state index < -0.39 is 37.2 Å². The Bertz CT molecular complexity index is 446. The lowest BCUT2D eigenvalue weighted by molar-refractivity contribution is 0.00578. The van der Waals surface area contributed by atoms with Crippen LogP contribution in [0.2, 0.25) is 0 Å². The van der Waals surface area contributed by atoms with Crippen molar-refractivity contribution in [1.82, 2.24) is 5.32 Å². The van der Waals surface area contributed by atoms with Crippen LogP contribution in [0, 0.1) is 0 Å². The summed E-state index contributed by atoms with van der Waals surface area (Å²) in [5.74, 6) is 0. The molecule has 3 nitrogen and oxygen atoms in total. The van der Waals surface area contributed by atoms with Crippen molar-refractivity contribution in [2.75, 3.05) is 13.3 Å². The van der Waals surface area contributed by atoms with Crippen LogP contribution >= 0.6 is 0 Å². The molecule has 1 unspecified atom stereocenters. The fourth-order valence-electron chi connectivity index (χ4n) is 2.31. The van der Waals surface area contributed by atoms with Gasteiger partial charge in [-0.1, -0.05) is 6.08 Å². The molecule has 0 aromatic rings. The fraction of sp³-hybridized carbons (Fsp3) is 0.714. The van der Waals surface area contributed by atoms with Crippen molar-refractivity contribution in [3.05, 3.63) is 23.3 Å². The molecule has 0 amide bonds. The Balaban J connectivity index is 2.30. The molecule has 2 aliphatic heterocycles. The molecule has 2 aliphatic rings. The van der Waals surface area contributed by atoms with Gasteiger partial charge in [0.05, 0.1) is 16.7 Å². The Morgan fingerprint density at radius 1 is 1.10 bits per heavy atom. The van der Waals surface area contributed by atoms with Crippen molar-refractivity contribution in [2.45, 2.75) is 51.4 Å². The summed E-state index contributed by atoms with van der Waals surface area (Å²) in [6.45, 7) is 8.16. The summed E-state index contributed by atoms with van der Waals surface area (Å²) in [7, 11) is -0.602. The Morgan fingerprint density at radius 3 is 2.10 bits per heavy atom. The van der Waals surface area contributed by atoms with Crippen LogP contribution < -0.4 is 5.32 Å². The van der Waals surface area contributed by atoms with E-state index in [1.807, 2.05) is 27.7 Å². The average molecular weight is 285 g/mol. The summed E-state index contributed by atoms with van der Waals surface area (Å²) in [6, 6.07) is 0. The molecule has 1 fully saturated rings. The first-order valence-corrected chi connectivity index (χ1v) is 6.81. The van der Waals surface area contributed by atoms with Crippen LogP contribution in [-0.4, -0.2) is 37.2 Å². The van der Waals surface area contributed by atoms with Crippen molar-refractivity contribution >= 4 is 7.12 Å². The molecule has 0 aromatic carbocycles. The molecule has 1 atom stereocenters. The summed E-state index contributed by atoms with van der Waals surface area (Å²) in [5, 5.41) is 2.85. The van der Waals surface area contributed by atoms with E-state index in [0.29, 0.717) is 11.2 Å². The Labute approximate surface area is 119 Å². The van der Waals surface area contributed by atoms with Crippen LogP contribution in [0.1, 0.15) is 34.6 Å². The molecule has 0 aromatic heterocycles. The molecule has 112 valence electrons. The van der Waals surface area contributed by atoms with E-state index in [0.717, 1.165) is 0 Å². The zero-order valence-electron chi connectivity index (χ0n) is 12.7. The van der Waals surface area contributed by atoms with E-state index in [9.17, 15) is 8.78 Å². The Morgan fingerprint density at radius 2 is 1.65 bits per heavy atom. The molecule has 20 heavy (non-hydrogen) atoms. The highest BCUT2D eigenvalue weighted by atomic mass is 19.1. The molecule has 6 heteroatoms. The van der Waals surface area contributed by atoms with Crippen molar-refractivity contribution in [3.8, 4) is 0 Å². The van der Waals surface area contributed by atoms with Crippen LogP contribution in [0.3, 0.4) is 0 Å². The Kier molecular flexibility index (Phi) is 3.76. The minimum Gasteiger partial charge on any atom is -0.399 e. The highest BCUT2D eigenvalue weighted by molar-refractivity contribution is 6.55. The lowest BCUT2D eigenvalue weighted by atomic mass is 9.73. The second-order valence-electron chi connectivity index (χ2n) is 6.71. The first kappa shape index (κ1) is 15.5. The molecule has 0 spiro atoms. The summed E-state index contributed by atoms with van der Waals surface area (Å²) in [5.41, 5.74) is -0.861. The fourth-order valence-corrected chi connectivity index (χ4v) is 2.31. The van der Waals surface area contributed by atoms with Gasteiger partial charge in [-0.05, 0) is 46.2 Å². The molecule has 0 bridgehead atoms. The third-order valence-electron chi connectivity index (χ3n) is 4.22. The van der Waals surface area contributed by atoms with Crippen molar-refractivity contribution in [3.63, 3.8) is 0 Å². The SMILES string of the molecule is CC1(CF)C=C(B2OC(C)(C)C(C)(C)O2)C=C(CF)N1. The van der Waals surface area contributed by atoms with Gasteiger partial charge in [0.1, 0.15) is 13.3 Å². The minimum absolute atomic E-state index is 0.345. The number of allylic oxidation sites excluding steroid dienone is 3. The second kappa shape index (κ2) is 4.84. The minimum atomic E-state index is -0.922. The Hall–Kier alpha value is -0.875. The van der Waals surface area contributed by atoms with E-state index in [2.05, 4.69) is 5.32 Å². The number of halogens is 2. The number of nitrogens with one attached hydrogen (secondary N) is 1. The quantitative estimate of drug-likeness (QED) is 0.809. The van der Waals surface area contributed by atoms with Crippen LogP contribution in [0.5, 0.6) is 0 Å². The molecule has 0 aliphatic carbocycles. The van der Waals surface area contributed by atoms with Gasteiger partial charge in [0.15, 0.2) is 0 Å². The van der Waals surface area contributed by atoms with Gasteiger partial charge in [-0.15, -0.1) is 0 Å². The summed E-state index contributed by atoms with van der Waals surface area (Å²) in [4.78, 5) is 0. The largest absolute Gasteiger partial charge is 0.494 e. The van der Waals surface area contributed by atoms with Gasteiger partial charge in [-0.25, -0.2) is 8.78 Å². The molecule has 0 saturated carbocycles. The first-order valence-electron chi connectivity index (χ1n) is 6.81. The molecule has 2 heterocycles. The van der Waals surface area contributed by atoms with Gasteiger partial charge in [0.2, 0.25) is 0 Å².